The quantitative estimate of drug-likeness (QED) is 0.402. The van der Waals surface area contributed by atoms with E-state index < -0.39 is 5.97 Å². The summed E-state index contributed by atoms with van der Waals surface area (Å²) in [5.41, 5.74) is 2.11. The highest BCUT2D eigenvalue weighted by Crippen LogP contribution is 2.20. The van der Waals surface area contributed by atoms with Crippen molar-refractivity contribution in [3.63, 3.8) is 0 Å². The highest BCUT2D eigenvalue weighted by molar-refractivity contribution is 6.04. The Hall–Kier alpha value is -4.27. The van der Waals surface area contributed by atoms with Crippen LogP contribution in [0.5, 0.6) is 5.75 Å². The molecular formula is C21H17N5O4. The average molecular weight is 403 g/mol. The van der Waals surface area contributed by atoms with Gasteiger partial charge in [-0.25, -0.2) is 4.79 Å². The van der Waals surface area contributed by atoms with E-state index in [0.29, 0.717) is 39.8 Å². The average Bonchev–Trinajstić information content (AvgIpc) is 3.38. The van der Waals surface area contributed by atoms with Crippen LogP contribution in [-0.2, 0) is 7.05 Å². The van der Waals surface area contributed by atoms with Crippen molar-refractivity contribution < 1.29 is 18.8 Å². The summed E-state index contributed by atoms with van der Waals surface area (Å²) in [6.07, 6.45) is 3.10. The van der Waals surface area contributed by atoms with Crippen molar-refractivity contribution in [3.05, 3.63) is 77.9 Å². The smallest absolute Gasteiger partial charge is 0.343 e. The van der Waals surface area contributed by atoms with Gasteiger partial charge < -0.3 is 14.6 Å². The van der Waals surface area contributed by atoms with Crippen molar-refractivity contribution >= 4 is 17.6 Å². The van der Waals surface area contributed by atoms with Gasteiger partial charge in [-0.2, -0.15) is 10.1 Å². The third-order valence-electron chi connectivity index (χ3n) is 4.18. The SMILES string of the molecule is Cc1noc(-c2ccc(C(=O)Oc3ccc(NC(=O)c4cnn(C)c4)cc3)cc2)n1. The number of ether oxygens (including phenoxy) is 1. The molecule has 0 bridgehead atoms. The van der Waals surface area contributed by atoms with Crippen molar-refractivity contribution in [1.82, 2.24) is 19.9 Å². The van der Waals surface area contributed by atoms with E-state index in [2.05, 4.69) is 20.6 Å². The van der Waals surface area contributed by atoms with E-state index in [1.807, 2.05) is 0 Å². The minimum Gasteiger partial charge on any atom is -0.423 e. The number of aromatic nitrogens is 4. The van der Waals surface area contributed by atoms with Crippen molar-refractivity contribution in [2.24, 2.45) is 7.05 Å². The minimum atomic E-state index is -0.504. The molecule has 2 aromatic heterocycles. The van der Waals surface area contributed by atoms with Crippen LogP contribution >= 0.6 is 0 Å². The highest BCUT2D eigenvalue weighted by Gasteiger charge is 2.12. The molecular weight excluding hydrogens is 386 g/mol. The Morgan fingerprint density at radius 1 is 1.03 bits per heavy atom. The Balaban J connectivity index is 1.38. The van der Waals surface area contributed by atoms with E-state index >= 15 is 0 Å². The number of anilines is 1. The van der Waals surface area contributed by atoms with Crippen molar-refractivity contribution in [1.29, 1.82) is 0 Å². The molecule has 1 amide bonds. The summed E-state index contributed by atoms with van der Waals surface area (Å²) in [5, 5.41) is 10.5. The first-order valence-corrected chi connectivity index (χ1v) is 9.01. The van der Waals surface area contributed by atoms with Gasteiger partial charge in [0.1, 0.15) is 5.75 Å². The van der Waals surface area contributed by atoms with Gasteiger partial charge in [-0.3, -0.25) is 9.48 Å². The van der Waals surface area contributed by atoms with Gasteiger partial charge in [0.25, 0.3) is 11.8 Å². The van der Waals surface area contributed by atoms with Crippen LogP contribution in [0.3, 0.4) is 0 Å². The second kappa shape index (κ2) is 8.00. The Bertz CT molecular complexity index is 1190. The Morgan fingerprint density at radius 2 is 1.77 bits per heavy atom. The zero-order valence-electron chi connectivity index (χ0n) is 16.2. The zero-order chi connectivity index (χ0) is 21.1. The van der Waals surface area contributed by atoms with Crippen molar-refractivity contribution in [3.8, 4) is 17.2 Å². The lowest BCUT2D eigenvalue weighted by molar-refractivity contribution is 0.0734. The molecule has 0 aliphatic rings. The molecule has 0 radical (unpaired) electrons. The molecule has 1 N–H and O–H groups in total. The lowest BCUT2D eigenvalue weighted by atomic mass is 10.1. The number of nitrogens with zero attached hydrogens (tertiary/aromatic N) is 4. The fourth-order valence-corrected chi connectivity index (χ4v) is 2.68. The summed E-state index contributed by atoms with van der Waals surface area (Å²) in [5.74, 6) is 0.501. The number of aryl methyl sites for hydroxylation is 2. The number of benzene rings is 2. The van der Waals surface area contributed by atoms with E-state index in [4.69, 9.17) is 9.26 Å². The van der Waals surface area contributed by atoms with Crippen LogP contribution in [-0.4, -0.2) is 31.8 Å². The molecule has 150 valence electrons. The second-order valence-corrected chi connectivity index (χ2v) is 6.49. The number of hydrogen-bond donors (Lipinski definition) is 1. The summed E-state index contributed by atoms with van der Waals surface area (Å²) in [7, 11) is 1.74. The summed E-state index contributed by atoms with van der Waals surface area (Å²) < 4.78 is 12.0. The molecule has 9 nitrogen and oxygen atoms in total. The topological polar surface area (TPSA) is 112 Å². The normalized spacial score (nSPS) is 10.6. The van der Waals surface area contributed by atoms with Crippen molar-refractivity contribution in [2.75, 3.05) is 5.32 Å². The molecule has 9 heteroatoms. The van der Waals surface area contributed by atoms with E-state index in [1.165, 1.54) is 6.20 Å². The molecule has 2 heterocycles. The molecule has 0 saturated heterocycles. The van der Waals surface area contributed by atoms with E-state index in [0.717, 1.165) is 0 Å². The summed E-state index contributed by atoms with van der Waals surface area (Å²) in [6.45, 7) is 1.73. The number of nitrogens with one attached hydrogen (secondary N) is 1. The van der Waals surface area contributed by atoms with Crippen molar-refractivity contribution in [2.45, 2.75) is 6.92 Å². The van der Waals surface area contributed by atoms with Gasteiger partial charge in [0.15, 0.2) is 5.82 Å². The lowest BCUT2D eigenvalue weighted by Crippen LogP contribution is -2.11. The number of carbonyl (C=O) groups is 2. The van der Waals surface area contributed by atoms with Gasteiger partial charge in [-0.05, 0) is 55.5 Å². The van der Waals surface area contributed by atoms with E-state index in [1.54, 1.807) is 73.4 Å². The standard InChI is InChI=1S/C21H17N5O4/c1-13-23-20(30-25-13)14-3-5-15(6-4-14)21(28)29-18-9-7-17(8-10-18)24-19(27)16-11-22-26(2)12-16/h3-12H,1-2H3,(H,24,27). The Kier molecular flexibility index (Phi) is 5.08. The van der Waals surface area contributed by atoms with Crippen LogP contribution in [0.1, 0.15) is 26.5 Å². The van der Waals surface area contributed by atoms with Crippen LogP contribution in [0, 0.1) is 6.92 Å². The van der Waals surface area contributed by atoms with Crippen LogP contribution in [0.2, 0.25) is 0 Å². The van der Waals surface area contributed by atoms with Gasteiger partial charge in [0, 0.05) is 24.5 Å². The first kappa shape index (κ1) is 19.1. The maximum Gasteiger partial charge on any atom is 0.343 e. The lowest BCUT2D eigenvalue weighted by Gasteiger charge is -2.07. The molecule has 30 heavy (non-hydrogen) atoms. The van der Waals surface area contributed by atoms with Gasteiger partial charge in [-0.1, -0.05) is 5.16 Å². The van der Waals surface area contributed by atoms with Crippen LogP contribution < -0.4 is 10.1 Å². The predicted octanol–water partition coefficient (Wildman–Crippen LogP) is 3.25. The van der Waals surface area contributed by atoms with E-state index in [9.17, 15) is 9.59 Å². The Morgan fingerprint density at radius 3 is 2.37 bits per heavy atom. The molecule has 2 aromatic carbocycles. The van der Waals surface area contributed by atoms with Crippen LogP contribution in [0.4, 0.5) is 5.69 Å². The molecule has 4 rings (SSSR count). The third-order valence-corrected chi connectivity index (χ3v) is 4.18. The van der Waals surface area contributed by atoms with Gasteiger partial charge in [0.05, 0.1) is 17.3 Å². The monoisotopic (exact) mass is 403 g/mol. The van der Waals surface area contributed by atoms with Crippen LogP contribution in [0.25, 0.3) is 11.5 Å². The Labute approximate surface area is 171 Å². The maximum atomic E-state index is 12.4. The third kappa shape index (κ3) is 4.25. The second-order valence-electron chi connectivity index (χ2n) is 6.49. The molecule has 0 atom stereocenters. The molecule has 0 fully saturated rings. The first-order chi connectivity index (χ1) is 14.5. The first-order valence-electron chi connectivity index (χ1n) is 9.01. The molecule has 0 saturated carbocycles. The summed E-state index contributed by atoms with van der Waals surface area (Å²) >= 11 is 0. The molecule has 0 aliphatic carbocycles. The largest absolute Gasteiger partial charge is 0.423 e. The number of esters is 1. The van der Waals surface area contributed by atoms with Crippen LogP contribution in [0.15, 0.2) is 65.4 Å². The fourth-order valence-electron chi connectivity index (χ4n) is 2.68. The predicted molar refractivity (Wildman–Crippen MR) is 107 cm³/mol. The summed E-state index contributed by atoms with van der Waals surface area (Å²) in [6, 6.07) is 13.2. The molecule has 4 aromatic rings. The van der Waals surface area contributed by atoms with Gasteiger partial charge >= 0.3 is 5.97 Å². The minimum absolute atomic E-state index is 0.274. The number of hydrogen-bond acceptors (Lipinski definition) is 7. The molecule has 0 aliphatic heterocycles. The van der Waals surface area contributed by atoms with Gasteiger partial charge in [0.2, 0.25) is 0 Å². The van der Waals surface area contributed by atoms with Gasteiger partial charge in [-0.15, -0.1) is 0 Å². The molecule has 0 unspecified atom stereocenters. The number of amides is 1. The molecule has 0 spiro atoms. The number of carbonyl (C=O) groups excluding carboxylic acids is 2. The maximum absolute atomic E-state index is 12.4. The number of rotatable bonds is 5. The highest BCUT2D eigenvalue weighted by atomic mass is 16.5. The van der Waals surface area contributed by atoms with E-state index in [-0.39, 0.29) is 5.91 Å². The fraction of sp³-hybridized carbons (Fsp3) is 0.0952. The summed E-state index contributed by atoms with van der Waals surface area (Å²) in [4.78, 5) is 28.6. The zero-order valence-corrected chi connectivity index (χ0v) is 16.2.